The Morgan fingerprint density at radius 1 is 1.50 bits per heavy atom. The maximum absolute atomic E-state index is 12.0. The van der Waals surface area contributed by atoms with Gasteiger partial charge in [0.15, 0.2) is 0 Å². The van der Waals surface area contributed by atoms with Crippen LogP contribution in [0.5, 0.6) is 0 Å². The van der Waals surface area contributed by atoms with Gasteiger partial charge in [-0.25, -0.2) is 13.1 Å². The molecule has 0 bridgehead atoms. The Hall–Kier alpha value is -1.51. The Labute approximate surface area is 116 Å². The van der Waals surface area contributed by atoms with E-state index >= 15 is 0 Å². The quantitative estimate of drug-likeness (QED) is 0.600. The van der Waals surface area contributed by atoms with Crippen LogP contribution in [-0.4, -0.2) is 31.1 Å². The van der Waals surface area contributed by atoms with Crippen molar-refractivity contribution in [3.05, 3.63) is 33.9 Å². The molecule has 1 atom stereocenters. The molecule has 1 fully saturated rings. The first-order valence-electron chi connectivity index (χ1n) is 6.24. The van der Waals surface area contributed by atoms with Crippen LogP contribution in [0.3, 0.4) is 0 Å². The number of sulfonamides is 1. The fraction of sp³-hybridized carbons (Fsp3) is 0.500. The third-order valence-electron chi connectivity index (χ3n) is 3.34. The molecule has 1 aliphatic rings. The second-order valence-electron chi connectivity index (χ2n) is 4.96. The van der Waals surface area contributed by atoms with E-state index in [1.165, 1.54) is 12.1 Å². The van der Waals surface area contributed by atoms with Gasteiger partial charge < -0.3 is 5.11 Å². The third-order valence-corrected chi connectivity index (χ3v) is 4.76. The summed E-state index contributed by atoms with van der Waals surface area (Å²) in [5.74, 6) is 0.157. The molecule has 20 heavy (non-hydrogen) atoms. The molecule has 1 aliphatic carbocycles. The van der Waals surface area contributed by atoms with Crippen LogP contribution in [0.4, 0.5) is 5.69 Å². The number of nitro benzene ring substituents is 1. The Morgan fingerprint density at radius 3 is 2.70 bits per heavy atom. The van der Waals surface area contributed by atoms with E-state index in [9.17, 15) is 23.6 Å². The van der Waals surface area contributed by atoms with E-state index in [0.29, 0.717) is 5.56 Å². The highest BCUT2D eigenvalue weighted by Gasteiger charge is 2.30. The molecule has 2 rings (SSSR count). The molecule has 0 aliphatic heterocycles. The van der Waals surface area contributed by atoms with Gasteiger partial charge in [-0.1, -0.05) is 6.07 Å². The van der Waals surface area contributed by atoms with E-state index in [0.717, 1.165) is 18.9 Å². The number of aliphatic hydroxyl groups is 1. The van der Waals surface area contributed by atoms with Crippen LogP contribution in [0.2, 0.25) is 0 Å². The lowest BCUT2D eigenvalue weighted by molar-refractivity contribution is -0.385. The summed E-state index contributed by atoms with van der Waals surface area (Å²) >= 11 is 0. The smallest absolute Gasteiger partial charge is 0.273 e. The largest absolute Gasteiger partial charge is 0.391 e. The lowest BCUT2D eigenvalue weighted by atomic mass is 10.2. The van der Waals surface area contributed by atoms with Crippen LogP contribution >= 0.6 is 0 Å². The van der Waals surface area contributed by atoms with Crippen molar-refractivity contribution >= 4 is 15.7 Å². The molecule has 0 amide bonds. The topological polar surface area (TPSA) is 110 Å². The molecule has 7 nitrogen and oxygen atoms in total. The summed E-state index contributed by atoms with van der Waals surface area (Å²) in [7, 11) is -3.85. The predicted molar refractivity (Wildman–Crippen MR) is 71.8 cm³/mol. The van der Waals surface area contributed by atoms with Crippen LogP contribution in [0.15, 0.2) is 23.1 Å². The van der Waals surface area contributed by atoms with Crippen molar-refractivity contribution in [2.24, 2.45) is 5.92 Å². The van der Waals surface area contributed by atoms with Crippen LogP contribution in [0, 0.1) is 23.0 Å². The average Bonchev–Trinajstić information content (AvgIpc) is 3.20. The number of benzene rings is 1. The molecule has 0 radical (unpaired) electrons. The third kappa shape index (κ3) is 3.33. The van der Waals surface area contributed by atoms with Crippen molar-refractivity contribution in [3.8, 4) is 0 Å². The van der Waals surface area contributed by atoms with Gasteiger partial charge in [-0.15, -0.1) is 0 Å². The highest BCUT2D eigenvalue weighted by Crippen LogP contribution is 2.32. The summed E-state index contributed by atoms with van der Waals surface area (Å²) in [4.78, 5) is 10.0. The molecule has 1 aromatic carbocycles. The first kappa shape index (κ1) is 14.9. The van der Waals surface area contributed by atoms with Gasteiger partial charge in [0, 0.05) is 18.2 Å². The van der Waals surface area contributed by atoms with Crippen molar-refractivity contribution in [2.75, 3.05) is 6.54 Å². The van der Waals surface area contributed by atoms with Gasteiger partial charge in [-0.05, 0) is 31.7 Å². The zero-order chi connectivity index (χ0) is 14.9. The van der Waals surface area contributed by atoms with Gasteiger partial charge in [-0.3, -0.25) is 10.1 Å². The maximum atomic E-state index is 12.0. The van der Waals surface area contributed by atoms with Crippen LogP contribution in [-0.2, 0) is 10.0 Å². The zero-order valence-corrected chi connectivity index (χ0v) is 11.8. The van der Waals surface area contributed by atoms with E-state index in [-0.39, 0.29) is 23.0 Å². The second-order valence-corrected chi connectivity index (χ2v) is 6.73. The Bertz CT molecular complexity index is 625. The molecule has 1 unspecified atom stereocenters. The Balaban J connectivity index is 2.16. The molecule has 0 aromatic heterocycles. The van der Waals surface area contributed by atoms with E-state index in [1.807, 2.05) is 0 Å². The summed E-state index contributed by atoms with van der Waals surface area (Å²) < 4.78 is 26.3. The summed E-state index contributed by atoms with van der Waals surface area (Å²) in [6, 6.07) is 3.74. The van der Waals surface area contributed by atoms with Crippen molar-refractivity contribution in [3.63, 3.8) is 0 Å². The highest BCUT2D eigenvalue weighted by molar-refractivity contribution is 7.89. The van der Waals surface area contributed by atoms with Gasteiger partial charge >= 0.3 is 0 Å². The second kappa shape index (κ2) is 5.47. The number of nitrogens with one attached hydrogen (secondary N) is 1. The normalized spacial score (nSPS) is 16.9. The fourth-order valence-corrected chi connectivity index (χ4v) is 2.95. The summed E-state index contributed by atoms with van der Waals surface area (Å²) in [5, 5.41) is 20.5. The summed E-state index contributed by atoms with van der Waals surface area (Å²) in [6.07, 6.45) is 1.10. The zero-order valence-electron chi connectivity index (χ0n) is 10.9. The van der Waals surface area contributed by atoms with Crippen LogP contribution in [0.25, 0.3) is 0 Å². The molecule has 110 valence electrons. The molecule has 8 heteroatoms. The minimum absolute atomic E-state index is 0.0747. The minimum Gasteiger partial charge on any atom is -0.391 e. The van der Waals surface area contributed by atoms with Crippen molar-refractivity contribution in [1.29, 1.82) is 0 Å². The fourth-order valence-electron chi connectivity index (χ4n) is 1.88. The minimum atomic E-state index is -3.85. The van der Waals surface area contributed by atoms with E-state index in [4.69, 9.17) is 0 Å². The lowest BCUT2D eigenvalue weighted by Crippen LogP contribution is -2.33. The van der Waals surface area contributed by atoms with Crippen LogP contribution in [0.1, 0.15) is 18.4 Å². The lowest BCUT2D eigenvalue weighted by Gasteiger charge is -2.11. The molecule has 2 N–H and O–H groups in total. The van der Waals surface area contributed by atoms with Crippen molar-refractivity contribution < 1.29 is 18.4 Å². The van der Waals surface area contributed by atoms with E-state index in [2.05, 4.69) is 4.72 Å². The van der Waals surface area contributed by atoms with Gasteiger partial charge in [0.25, 0.3) is 5.69 Å². The van der Waals surface area contributed by atoms with Gasteiger partial charge in [-0.2, -0.15) is 0 Å². The van der Waals surface area contributed by atoms with Crippen molar-refractivity contribution in [1.82, 2.24) is 4.72 Å². The summed E-state index contributed by atoms with van der Waals surface area (Å²) in [5.41, 5.74) is 0.155. The number of aryl methyl sites for hydroxylation is 1. The first-order valence-corrected chi connectivity index (χ1v) is 7.72. The van der Waals surface area contributed by atoms with Crippen molar-refractivity contribution in [2.45, 2.75) is 30.8 Å². The molecule has 1 aromatic rings. The molecule has 0 spiro atoms. The number of nitrogens with zero attached hydrogens (tertiary/aromatic N) is 1. The summed E-state index contributed by atoms with van der Waals surface area (Å²) in [6.45, 7) is 1.47. The molecule has 0 saturated heterocycles. The number of rotatable bonds is 6. The monoisotopic (exact) mass is 300 g/mol. The SMILES string of the molecule is Cc1ccc(S(=O)(=O)NCC(O)C2CC2)cc1[N+](=O)[O-]. The molecular weight excluding hydrogens is 284 g/mol. The number of aliphatic hydroxyl groups excluding tert-OH is 1. The number of hydrogen-bond donors (Lipinski definition) is 2. The predicted octanol–water partition coefficient (Wildman–Crippen LogP) is 0.952. The highest BCUT2D eigenvalue weighted by atomic mass is 32.2. The molecular formula is C12H16N2O5S. The number of hydrogen-bond acceptors (Lipinski definition) is 5. The maximum Gasteiger partial charge on any atom is 0.273 e. The average molecular weight is 300 g/mol. The van der Waals surface area contributed by atoms with E-state index < -0.39 is 21.1 Å². The van der Waals surface area contributed by atoms with E-state index in [1.54, 1.807) is 6.92 Å². The Kier molecular flexibility index (Phi) is 4.07. The standard InChI is InChI=1S/C12H16N2O5S/c1-8-2-5-10(6-11(8)14(16)17)20(18,19)13-7-12(15)9-3-4-9/h2,5-6,9,12-13,15H,3-4,7H2,1H3. The number of nitro groups is 1. The molecule has 1 saturated carbocycles. The van der Waals surface area contributed by atoms with Gasteiger partial charge in [0.1, 0.15) is 0 Å². The Morgan fingerprint density at radius 2 is 2.15 bits per heavy atom. The first-order chi connectivity index (χ1) is 9.31. The molecule has 0 heterocycles. The van der Waals surface area contributed by atoms with Crippen LogP contribution < -0.4 is 4.72 Å². The van der Waals surface area contributed by atoms with Gasteiger partial charge in [0.2, 0.25) is 10.0 Å². The van der Waals surface area contributed by atoms with Gasteiger partial charge in [0.05, 0.1) is 15.9 Å².